The molecule has 0 aromatic carbocycles. The van der Waals surface area contributed by atoms with Crippen LogP contribution < -0.4 is 0 Å². The Kier molecular flexibility index (Phi) is 7.14. The van der Waals surface area contributed by atoms with Gasteiger partial charge in [-0.25, -0.2) is 4.79 Å². The minimum absolute atomic E-state index is 0.0275. The minimum Gasteiger partial charge on any atom is -0.434 e. The van der Waals surface area contributed by atoms with E-state index in [1.807, 2.05) is 0 Å². The van der Waals surface area contributed by atoms with E-state index in [4.69, 9.17) is 10.2 Å². The number of aliphatic hydroxyl groups is 2. The highest BCUT2D eigenvalue weighted by atomic mass is 16.7. The standard InChI is InChI=1S/C9H18O5/c1-7(3-10)5-13-9(12)14-6-8(2)4-11/h7-8,10-11H,3-6H2,1-2H3. The molecule has 0 radical (unpaired) electrons. The van der Waals surface area contributed by atoms with E-state index in [0.29, 0.717) is 0 Å². The zero-order chi connectivity index (χ0) is 11.0. The van der Waals surface area contributed by atoms with Crippen LogP contribution in [0.25, 0.3) is 0 Å². The summed E-state index contributed by atoms with van der Waals surface area (Å²) in [6.45, 7) is 3.74. The molecule has 0 saturated carbocycles. The van der Waals surface area contributed by atoms with Gasteiger partial charge in [0.1, 0.15) is 0 Å². The highest BCUT2D eigenvalue weighted by Crippen LogP contribution is 1.98. The van der Waals surface area contributed by atoms with Crippen LogP contribution >= 0.6 is 0 Å². The summed E-state index contributed by atoms with van der Waals surface area (Å²) in [5, 5.41) is 17.3. The average Bonchev–Trinajstić information content (AvgIpc) is 2.22. The maximum absolute atomic E-state index is 10.9. The molecule has 0 aliphatic heterocycles. The Hall–Kier alpha value is -0.810. The molecule has 0 bridgehead atoms. The number of carbonyl (C=O) groups excluding carboxylic acids is 1. The van der Waals surface area contributed by atoms with Crippen LogP contribution in [0.5, 0.6) is 0 Å². The van der Waals surface area contributed by atoms with E-state index in [0.717, 1.165) is 0 Å². The van der Waals surface area contributed by atoms with Crippen molar-refractivity contribution >= 4 is 6.16 Å². The van der Waals surface area contributed by atoms with Crippen LogP contribution in [-0.2, 0) is 9.47 Å². The first-order chi connectivity index (χ1) is 6.60. The second-order valence-electron chi connectivity index (χ2n) is 3.45. The lowest BCUT2D eigenvalue weighted by Crippen LogP contribution is -2.18. The quantitative estimate of drug-likeness (QED) is 0.615. The molecule has 0 aromatic rings. The molecule has 2 atom stereocenters. The van der Waals surface area contributed by atoms with Crippen molar-refractivity contribution in [3.05, 3.63) is 0 Å². The zero-order valence-corrected chi connectivity index (χ0v) is 8.60. The molecule has 5 nitrogen and oxygen atoms in total. The predicted octanol–water partition coefficient (Wildman–Crippen LogP) is 0.396. The molecular weight excluding hydrogens is 188 g/mol. The first-order valence-electron chi connectivity index (χ1n) is 4.61. The molecule has 0 rings (SSSR count). The molecule has 2 N–H and O–H groups in total. The monoisotopic (exact) mass is 206 g/mol. The number of carbonyl (C=O) groups is 1. The molecule has 5 heteroatoms. The molecule has 0 heterocycles. The number of aliphatic hydroxyl groups excluding tert-OH is 2. The predicted molar refractivity (Wildman–Crippen MR) is 49.8 cm³/mol. The number of rotatable bonds is 6. The van der Waals surface area contributed by atoms with E-state index in [2.05, 4.69) is 9.47 Å². The maximum atomic E-state index is 10.9. The summed E-state index contributed by atoms with van der Waals surface area (Å²) in [4.78, 5) is 10.9. The van der Waals surface area contributed by atoms with Gasteiger partial charge in [-0.2, -0.15) is 0 Å². The zero-order valence-electron chi connectivity index (χ0n) is 8.60. The van der Waals surface area contributed by atoms with Gasteiger partial charge in [-0.1, -0.05) is 13.8 Å². The molecule has 0 saturated heterocycles. The Bertz CT molecular complexity index is 143. The second kappa shape index (κ2) is 7.58. The van der Waals surface area contributed by atoms with Crippen LogP contribution in [-0.4, -0.2) is 42.8 Å². The number of hydrogen-bond acceptors (Lipinski definition) is 5. The summed E-state index contributed by atoms with van der Waals surface area (Å²) in [5.41, 5.74) is 0. The fourth-order valence-corrected chi connectivity index (χ4v) is 0.568. The lowest BCUT2D eigenvalue weighted by atomic mass is 10.2. The van der Waals surface area contributed by atoms with Gasteiger partial charge in [0, 0.05) is 25.0 Å². The Morgan fingerprint density at radius 1 is 1.07 bits per heavy atom. The second-order valence-corrected chi connectivity index (χ2v) is 3.45. The first kappa shape index (κ1) is 13.2. The van der Waals surface area contributed by atoms with Crippen molar-refractivity contribution in [3.63, 3.8) is 0 Å². The van der Waals surface area contributed by atoms with Crippen molar-refractivity contribution in [2.24, 2.45) is 11.8 Å². The third-order valence-electron chi connectivity index (χ3n) is 1.59. The smallest absolute Gasteiger partial charge is 0.434 e. The highest BCUT2D eigenvalue weighted by molar-refractivity contribution is 5.59. The summed E-state index contributed by atoms with van der Waals surface area (Å²) >= 11 is 0. The minimum atomic E-state index is -0.759. The van der Waals surface area contributed by atoms with Crippen molar-refractivity contribution in [1.29, 1.82) is 0 Å². The largest absolute Gasteiger partial charge is 0.508 e. The van der Waals surface area contributed by atoms with E-state index < -0.39 is 6.16 Å². The topological polar surface area (TPSA) is 76.0 Å². The SMILES string of the molecule is CC(CO)COC(=O)OCC(C)CO. The van der Waals surface area contributed by atoms with Gasteiger partial charge < -0.3 is 19.7 Å². The molecule has 14 heavy (non-hydrogen) atoms. The fourth-order valence-electron chi connectivity index (χ4n) is 0.568. The van der Waals surface area contributed by atoms with E-state index in [1.165, 1.54) is 0 Å². The number of hydrogen-bond donors (Lipinski definition) is 2. The van der Waals surface area contributed by atoms with Gasteiger partial charge in [0.25, 0.3) is 0 Å². The van der Waals surface area contributed by atoms with Crippen LogP contribution in [0, 0.1) is 11.8 Å². The summed E-state index contributed by atoms with van der Waals surface area (Å²) in [5.74, 6) is -0.171. The van der Waals surface area contributed by atoms with Crippen LogP contribution in [0.15, 0.2) is 0 Å². The third kappa shape index (κ3) is 6.68. The molecule has 0 aliphatic carbocycles. The van der Waals surface area contributed by atoms with Crippen LogP contribution in [0.4, 0.5) is 4.79 Å². The van der Waals surface area contributed by atoms with E-state index in [-0.39, 0.29) is 38.3 Å². The van der Waals surface area contributed by atoms with E-state index in [9.17, 15) is 4.79 Å². The van der Waals surface area contributed by atoms with Crippen LogP contribution in [0.3, 0.4) is 0 Å². The summed E-state index contributed by atoms with van der Waals surface area (Å²) < 4.78 is 9.37. The van der Waals surface area contributed by atoms with Gasteiger partial charge in [-0.15, -0.1) is 0 Å². The Morgan fingerprint density at radius 2 is 1.43 bits per heavy atom. The molecule has 2 unspecified atom stereocenters. The van der Waals surface area contributed by atoms with Gasteiger partial charge in [0.05, 0.1) is 13.2 Å². The lowest BCUT2D eigenvalue weighted by Gasteiger charge is -2.11. The highest BCUT2D eigenvalue weighted by Gasteiger charge is 2.09. The molecule has 0 amide bonds. The molecule has 0 fully saturated rings. The molecule has 0 aromatic heterocycles. The third-order valence-corrected chi connectivity index (χ3v) is 1.59. The van der Waals surface area contributed by atoms with Crippen molar-refractivity contribution < 1.29 is 24.5 Å². The van der Waals surface area contributed by atoms with Gasteiger partial charge in [-0.3, -0.25) is 0 Å². The summed E-state index contributed by atoms with van der Waals surface area (Å²) in [7, 11) is 0. The van der Waals surface area contributed by atoms with Crippen LogP contribution in [0.1, 0.15) is 13.8 Å². The van der Waals surface area contributed by atoms with E-state index in [1.54, 1.807) is 13.8 Å². The molecule has 0 aliphatic rings. The average molecular weight is 206 g/mol. The van der Waals surface area contributed by atoms with Gasteiger partial charge in [-0.05, 0) is 0 Å². The van der Waals surface area contributed by atoms with Gasteiger partial charge in [0.15, 0.2) is 0 Å². The van der Waals surface area contributed by atoms with Crippen molar-refractivity contribution in [1.82, 2.24) is 0 Å². The van der Waals surface area contributed by atoms with Gasteiger partial charge >= 0.3 is 6.16 Å². The van der Waals surface area contributed by atoms with Gasteiger partial charge in [0.2, 0.25) is 0 Å². The maximum Gasteiger partial charge on any atom is 0.508 e. The Balaban J connectivity index is 3.46. The van der Waals surface area contributed by atoms with Crippen molar-refractivity contribution in [2.75, 3.05) is 26.4 Å². The summed E-state index contributed by atoms with van der Waals surface area (Å²) in [6, 6.07) is 0. The Morgan fingerprint density at radius 3 is 1.71 bits per heavy atom. The van der Waals surface area contributed by atoms with Crippen molar-refractivity contribution in [3.8, 4) is 0 Å². The van der Waals surface area contributed by atoms with E-state index >= 15 is 0 Å². The molecular formula is C9H18O5. The number of ether oxygens (including phenoxy) is 2. The molecule has 0 spiro atoms. The first-order valence-corrected chi connectivity index (χ1v) is 4.61. The fraction of sp³-hybridized carbons (Fsp3) is 0.889. The van der Waals surface area contributed by atoms with Crippen molar-refractivity contribution in [2.45, 2.75) is 13.8 Å². The summed E-state index contributed by atoms with van der Waals surface area (Å²) in [6.07, 6.45) is -0.759. The Labute approximate surface area is 83.6 Å². The van der Waals surface area contributed by atoms with Crippen LogP contribution in [0.2, 0.25) is 0 Å². The lowest BCUT2D eigenvalue weighted by molar-refractivity contribution is 0.0262. The molecule has 84 valence electrons. The normalized spacial score (nSPS) is 14.6.